The number of carbonyl (C=O) groups excluding carboxylic acids is 1. The van der Waals surface area contributed by atoms with Gasteiger partial charge in [0.1, 0.15) is 11.5 Å². The molecule has 0 atom stereocenters. The molecule has 7 heteroatoms. The minimum absolute atomic E-state index is 0.118. The number of carbonyl (C=O) groups is 1. The number of amides is 1. The molecule has 1 heterocycles. The lowest BCUT2D eigenvalue weighted by Gasteiger charge is -2.07. The number of hydrazone groups is 1. The summed E-state index contributed by atoms with van der Waals surface area (Å²) in [5.74, 6) is 1.06. The number of aromatic nitrogens is 1. The van der Waals surface area contributed by atoms with Crippen molar-refractivity contribution in [3.63, 3.8) is 0 Å². The van der Waals surface area contributed by atoms with E-state index in [1.165, 1.54) is 0 Å². The van der Waals surface area contributed by atoms with Crippen molar-refractivity contribution in [2.24, 2.45) is 5.10 Å². The summed E-state index contributed by atoms with van der Waals surface area (Å²) < 4.78 is 12.0. The minimum atomic E-state index is -0.333. The number of hydrogen-bond acceptors (Lipinski definition) is 4. The molecule has 2 N–H and O–H groups in total. The molecular weight excluding hydrogens is 422 g/mol. The summed E-state index contributed by atoms with van der Waals surface area (Å²) in [4.78, 5) is 15.1. The summed E-state index contributed by atoms with van der Waals surface area (Å²) >= 11 is 3.45. The maximum absolute atomic E-state index is 11.9. The standard InChI is InChI=1S/C21H22BrN3O3/c1-2-3-10-27-17-5-7-18(8-6-17)28-14-21(26)25-24-13-15-12-23-20-9-4-16(22)11-19(15)20/h4-9,11-13,23H,2-3,10,14H2,1H3,(H,25,26)/b24-13-. The fourth-order valence-corrected chi connectivity index (χ4v) is 2.90. The van der Waals surface area contributed by atoms with Crippen LogP contribution in [0.25, 0.3) is 10.9 Å². The Morgan fingerprint density at radius 1 is 1.18 bits per heavy atom. The monoisotopic (exact) mass is 443 g/mol. The van der Waals surface area contributed by atoms with Crippen LogP contribution >= 0.6 is 15.9 Å². The van der Waals surface area contributed by atoms with Crippen LogP contribution in [-0.2, 0) is 4.79 Å². The van der Waals surface area contributed by atoms with Crippen molar-refractivity contribution in [2.75, 3.05) is 13.2 Å². The number of rotatable bonds is 9. The van der Waals surface area contributed by atoms with E-state index in [0.717, 1.165) is 39.5 Å². The molecule has 3 rings (SSSR count). The van der Waals surface area contributed by atoms with E-state index >= 15 is 0 Å². The zero-order chi connectivity index (χ0) is 19.8. The number of nitrogens with zero attached hydrogens (tertiary/aromatic N) is 1. The number of ether oxygens (including phenoxy) is 2. The number of benzene rings is 2. The molecule has 0 bridgehead atoms. The van der Waals surface area contributed by atoms with E-state index in [-0.39, 0.29) is 12.5 Å². The summed E-state index contributed by atoms with van der Waals surface area (Å²) in [6, 6.07) is 13.1. The Kier molecular flexibility index (Phi) is 7.08. The van der Waals surface area contributed by atoms with Crippen molar-refractivity contribution in [1.29, 1.82) is 0 Å². The zero-order valence-electron chi connectivity index (χ0n) is 15.6. The number of aromatic amines is 1. The molecule has 3 aromatic rings. The van der Waals surface area contributed by atoms with Crippen molar-refractivity contribution in [2.45, 2.75) is 19.8 Å². The van der Waals surface area contributed by atoms with Crippen LogP contribution in [0.5, 0.6) is 11.5 Å². The normalized spacial score (nSPS) is 11.1. The van der Waals surface area contributed by atoms with E-state index in [0.29, 0.717) is 12.4 Å². The van der Waals surface area contributed by atoms with E-state index in [1.54, 1.807) is 18.3 Å². The SMILES string of the molecule is CCCCOc1ccc(OCC(=O)N/N=C\c2c[nH]c3ccc(Br)cc23)cc1. The van der Waals surface area contributed by atoms with Gasteiger partial charge in [-0.3, -0.25) is 4.79 Å². The van der Waals surface area contributed by atoms with Gasteiger partial charge in [-0.15, -0.1) is 0 Å². The molecule has 1 aromatic heterocycles. The molecule has 6 nitrogen and oxygen atoms in total. The van der Waals surface area contributed by atoms with Crippen LogP contribution in [0.2, 0.25) is 0 Å². The van der Waals surface area contributed by atoms with Crippen molar-refractivity contribution in [3.8, 4) is 11.5 Å². The average molecular weight is 444 g/mol. The fraction of sp³-hybridized carbons (Fsp3) is 0.238. The Morgan fingerprint density at radius 3 is 2.68 bits per heavy atom. The van der Waals surface area contributed by atoms with Crippen LogP contribution in [0.1, 0.15) is 25.3 Å². The molecule has 146 valence electrons. The second-order valence-electron chi connectivity index (χ2n) is 6.19. The van der Waals surface area contributed by atoms with Crippen LogP contribution in [0.15, 0.2) is 58.2 Å². The Labute approximate surface area is 172 Å². The smallest absolute Gasteiger partial charge is 0.277 e. The highest BCUT2D eigenvalue weighted by molar-refractivity contribution is 9.10. The molecular formula is C21H22BrN3O3. The van der Waals surface area contributed by atoms with E-state index in [4.69, 9.17) is 9.47 Å². The van der Waals surface area contributed by atoms with Gasteiger partial charge in [-0.1, -0.05) is 29.3 Å². The maximum atomic E-state index is 11.9. The highest BCUT2D eigenvalue weighted by Gasteiger charge is 2.04. The quantitative estimate of drug-likeness (QED) is 0.287. The molecule has 1 amide bonds. The molecule has 2 aromatic carbocycles. The van der Waals surface area contributed by atoms with Crippen molar-refractivity contribution in [1.82, 2.24) is 10.4 Å². The molecule has 0 saturated carbocycles. The average Bonchev–Trinajstić information content (AvgIpc) is 3.10. The summed E-state index contributed by atoms with van der Waals surface area (Å²) in [7, 11) is 0. The molecule has 0 unspecified atom stereocenters. The van der Waals surface area contributed by atoms with Gasteiger partial charge in [-0.05, 0) is 48.9 Å². The predicted octanol–water partition coefficient (Wildman–Crippen LogP) is 4.64. The molecule has 0 aliphatic heterocycles. The molecule has 0 radical (unpaired) electrons. The highest BCUT2D eigenvalue weighted by atomic mass is 79.9. The molecule has 0 saturated heterocycles. The second-order valence-corrected chi connectivity index (χ2v) is 7.10. The maximum Gasteiger partial charge on any atom is 0.277 e. The van der Waals surface area contributed by atoms with Gasteiger partial charge in [0.05, 0.1) is 12.8 Å². The van der Waals surface area contributed by atoms with Gasteiger partial charge in [-0.25, -0.2) is 5.43 Å². The number of nitrogens with one attached hydrogen (secondary N) is 2. The third kappa shape index (κ3) is 5.60. The summed E-state index contributed by atoms with van der Waals surface area (Å²) in [6.07, 6.45) is 5.56. The third-order valence-electron chi connectivity index (χ3n) is 4.03. The first-order chi connectivity index (χ1) is 13.7. The number of fused-ring (bicyclic) bond motifs is 1. The Balaban J connectivity index is 1.46. The Bertz CT molecular complexity index is 951. The largest absolute Gasteiger partial charge is 0.494 e. The summed E-state index contributed by atoms with van der Waals surface area (Å²) in [5, 5.41) is 5.02. The Morgan fingerprint density at radius 2 is 1.93 bits per heavy atom. The molecule has 0 aliphatic rings. The number of halogens is 1. The predicted molar refractivity (Wildman–Crippen MR) is 114 cm³/mol. The van der Waals surface area contributed by atoms with Crippen molar-refractivity contribution in [3.05, 3.63) is 58.7 Å². The molecule has 0 spiro atoms. The van der Waals surface area contributed by atoms with Crippen molar-refractivity contribution >= 4 is 39.0 Å². The van der Waals surface area contributed by atoms with Crippen molar-refractivity contribution < 1.29 is 14.3 Å². The van der Waals surface area contributed by atoms with Gasteiger partial charge >= 0.3 is 0 Å². The van der Waals surface area contributed by atoms with E-state index in [9.17, 15) is 4.79 Å². The lowest BCUT2D eigenvalue weighted by atomic mass is 10.2. The first-order valence-corrected chi connectivity index (χ1v) is 9.89. The molecule has 0 aliphatic carbocycles. The van der Waals surface area contributed by atoms with Crippen LogP contribution < -0.4 is 14.9 Å². The van der Waals surface area contributed by atoms with Gasteiger partial charge in [0.25, 0.3) is 5.91 Å². The van der Waals surface area contributed by atoms with Crippen LogP contribution in [0.3, 0.4) is 0 Å². The first-order valence-electron chi connectivity index (χ1n) is 9.10. The number of hydrogen-bond donors (Lipinski definition) is 2. The van der Waals surface area contributed by atoms with Gasteiger partial charge in [0.2, 0.25) is 0 Å². The van der Waals surface area contributed by atoms with Crippen LogP contribution in [0.4, 0.5) is 0 Å². The summed E-state index contributed by atoms with van der Waals surface area (Å²) in [5.41, 5.74) is 4.36. The van der Waals surface area contributed by atoms with E-state index < -0.39 is 0 Å². The topological polar surface area (TPSA) is 75.7 Å². The first kappa shape index (κ1) is 19.9. The van der Waals surface area contributed by atoms with Gasteiger partial charge < -0.3 is 14.5 Å². The zero-order valence-corrected chi connectivity index (χ0v) is 17.2. The van der Waals surface area contributed by atoms with Gasteiger partial charge in [0, 0.05) is 27.1 Å². The number of H-pyrrole nitrogens is 1. The third-order valence-corrected chi connectivity index (χ3v) is 4.52. The van der Waals surface area contributed by atoms with Crippen LogP contribution in [-0.4, -0.2) is 30.3 Å². The molecule has 0 fully saturated rings. The van der Waals surface area contributed by atoms with Gasteiger partial charge in [-0.2, -0.15) is 5.10 Å². The minimum Gasteiger partial charge on any atom is -0.494 e. The molecule has 28 heavy (non-hydrogen) atoms. The number of unbranched alkanes of at least 4 members (excludes halogenated alkanes) is 1. The highest BCUT2D eigenvalue weighted by Crippen LogP contribution is 2.21. The second kappa shape index (κ2) is 9.94. The lowest BCUT2D eigenvalue weighted by molar-refractivity contribution is -0.123. The van der Waals surface area contributed by atoms with Gasteiger partial charge in [0.15, 0.2) is 6.61 Å². The van der Waals surface area contributed by atoms with E-state index in [1.807, 2.05) is 36.5 Å². The van der Waals surface area contributed by atoms with Crippen LogP contribution in [0, 0.1) is 0 Å². The summed E-state index contributed by atoms with van der Waals surface area (Å²) in [6.45, 7) is 2.70. The lowest BCUT2D eigenvalue weighted by Crippen LogP contribution is -2.24. The Hall–Kier alpha value is -2.80. The van der Waals surface area contributed by atoms with E-state index in [2.05, 4.69) is 38.4 Å². The fourth-order valence-electron chi connectivity index (χ4n) is 2.54.